The zero-order chi connectivity index (χ0) is 23.1. The maximum absolute atomic E-state index is 13.3. The predicted octanol–water partition coefficient (Wildman–Crippen LogP) is 5.69. The third-order valence-electron chi connectivity index (χ3n) is 4.64. The highest BCUT2D eigenvalue weighted by atomic mass is 35.5. The molecular weight excluding hydrogens is 451 g/mol. The van der Waals surface area contributed by atoms with E-state index in [1.807, 2.05) is 18.4 Å². The number of aliphatic imine (C=N–C) groups is 1. The zero-order valence-corrected chi connectivity index (χ0v) is 19.2. The number of methoxy groups -OCH3 is 1. The fourth-order valence-corrected chi connectivity index (χ4v) is 3.62. The number of nitrogens with zero attached hydrogens (tertiary/aromatic N) is 3. The number of allylic oxidation sites excluding steroid dienone is 1. The summed E-state index contributed by atoms with van der Waals surface area (Å²) in [4.78, 5) is 21.2. The van der Waals surface area contributed by atoms with E-state index in [9.17, 15) is 9.18 Å². The van der Waals surface area contributed by atoms with Gasteiger partial charge in [-0.1, -0.05) is 41.6 Å². The second-order valence-corrected chi connectivity index (χ2v) is 7.89. The van der Waals surface area contributed by atoms with Crippen molar-refractivity contribution in [2.75, 3.05) is 18.7 Å². The number of aromatic nitrogens is 2. The molecule has 0 spiro atoms. The quantitative estimate of drug-likeness (QED) is 0.272. The van der Waals surface area contributed by atoms with E-state index in [4.69, 9.17) is 16.3 Å². The Morgan fingerprint density at radius 3 is 2.72 bits per heavy atom. The second kappa shape index (κ2) is 11.0. The zero-order valence-electron chi connectivity index (χ0n) is 17.6. The van der Waals surface area contributed by atoms with E-state index < -0.39 is 5.92 Å². The summed E-state index contributed by atoms with van der Waals surface area (Å²) >= 11 is 7.22. The van der Waals surface area contributed by atoms with Crippen LogP contribution in [-0.4, -0.2) is 34.0 Å². The topological polar surface area (TPSA) is 68.5 Å². The average Bonchev–Trinajstić information content (AvgIpc) is 3.23. The number of imidazole rings is 1. The number of anilines is 1. The van der Waals surface area contributed by atoms with Crippen LogP contribution in [0.15, 0.2) is 72.6 Å². The van der Waals surface area contributed by atoms with Gasteiger partial charge in [-0.3, -0.25) is 4.79 Å². The van der Waals surface area contributed by atoms with Crippen LogP contribution in [0.4, 0.5) is 10.1 Å². The van der Waals surface area contributed by atoms with Crippen LogP contribution in [0.3, 0.4) is 0 Å². The lowest BCUT2D eigenvalue weighted by atomic mass is 9.95. The van der Waals surface area contributed by atoms with Crippen molar-refractivity contribution < 1.29 is 13.9 Å². The molecule has 1 N–H and O–H groups in total. The number of hydrogen-bond acceptors (Lipinski definition) is 4. The van der Waals surface area contributed by atoms with Crippen LogP contribution in [-0.2, 0) is 4.79 Å². The summed E-state index contributed by atoms with van der Waals surface area (Å²) < 4.78 is 20.5. The first-order valence-corrected chi connectivity index (χ1v) is 11.2. The van der Waals surface area contributed by atoms with Gasteiger partial charge in [-0.2, -0.15) is 4.99 Å². The van der Waals surface area contributed by atoms with Crippen LogP contribution in [0.25, 0.3) is 5.69 Å². The number of amides is 1. The molecule has 9 heteroatoms. The van der Waals surface area contributed by atoms with Crippen molar-refractivity contribution in [1.82, 2.24) is 9.55 Å². The molecule has 3 rings (SSSR count). The first kappa shape index (κ1) is 23.6. The maximum atomic E-state index is 13.3. The molecule has 0 radical (unpaired) electrons. The maximum Gasteiger partial charge on any atom is 0.255 e. The molecule has 3 aromatic rings. The molecule has 0 fully saturated rings. The van der Waals surface area contributed by atoms with Crippen molar-refractivity contribution >= 4 is 40.1 Å². The SMILES string of the molecule is C=CCC(C(=O)N=C(Nc1ccc(-n2cnc(Cl)c2)c(OC)c1)SC)c1ccc(F)cc1. The smallest absolute Gasteiger partial charge is 0.255 e. The molecule has 1 amide bonds. The largest absolute Gasteiger partial charge is 0.494 e. The number of ether oxygens (including phenoxy) is 1. The Bertz CT molecular complexity index is 1130. The highest BCUT2D eigenvalue weighted by Crippen LogP contribution is 2.28. The molecule has 0 aliphatic carbocycles. The Hall–Kier alpha value is -3.10. The molecule has 0 aliphatic heterocycles. The van der Waals surface area contributed by atoms with Crippen molar-refractivity contribution in [3.63, 3.8) is 0 Å². The standard InChI is InChI=1S/C23H22ClFN4O2S/c1-4-5-18(15-6-8-16(25)9-7-15)22(30)28-23(32-3)27-17-10-11-19(20(12-17)31-2)29-13-21(24)26-14-29/h4,6-14,18H,1,5H2,2-3H3,(H,27,28,30). The van der Waals surface area contributed by atoms with E-state index in [1.54, 1.807) is 48.5 Å². The molecule has 32 heavy (non-hydrogen) atoms. The fourth-order valence-electron chi connectivity index (χ4n) is 3.07. The van der Waals surface area contributed by atoms with E-state index in [-0.39, 0.29) is 11.7 Å². The van der Waals surface area contributed by atoms with E-state index in [1.165, 1.54) is 23.9 Å². The summed E-state index contributed by atoms with van der Waals surface area (Å²) in [6, 6.07) is 11.3. The van der Waals surface area contributed by atoms with Crippen molar-refractivity contribution in [3.8, 4) is 11.4 Å². The highest BCUT2D eigenvalue weighted by Gasteiger charge is 2.20. The molecule has 6 nitrogen and oxygen atoms in total. The lowest BCUT2D eigenvalue weighted by molar-refractivity contribution is -0.119. The fraction of sp³-hybridized carbons (Fsp3) is 0.174. The van der Waals surface area contributed by atoms with E-state index >= 15 is 0 Å². The van der Waals surface area contributed by atoms with Crippen molar-refractivity contribution in [2.45, 2.75) is 12.3 Å². The van der Waals surface area contributed by atoms with Crippen LogP contribution in [0, 0.1) is 5.82 Å². The van der Waals surface area contributed by atoms with Gasteiger partial charge in [0.1, 0.15) is 23.0 Å². The van der Waals surface area contributed by atoms with Gasteiger partial charge >= 0.3 is 0 Å². The first-order valence-electron chi connectivity index (χ1n) is 9.63. The summed E-state index contributed by atoms with van der Waals surface area (Å²) in [5.41, 5.74) is 2.14. The lowest BCUT2D eigenvalue weighted by Crippen LogP contribution is -2.15. The van der Waals surface area contributed by atoms with Gasteiger partial charge in [-0.05, 0) is 42.5 Å². The summed E-state index contributed by atoms with van der Waals surface area (Å²) in [5, 5.41) is 3.95. The normalized spacial score (nSPS) is 12.3. The summed E-state index contributed by atoms with van der Waals surface area (Å²) in [7, 11) is 1.57. The Kier molecular flexibility index (Phi) is 8.08. The number of hydrogen-bond donors (Lipinski definition) is 1. The van der Waals surface area contributed by atoms with Gasteiger partial charge in [0, 0.05) is 18.0 Å². The monoisotopic (exact) mass is 472 g/mol. The predicted molar refractivity (Wildman–Crippen MR) is 129 cm³/mol. The minimum atomic E-state index is -0.542. The Labute approximate surface area is 195 Å². The first-order chi connectivity index (χ1) is 15.4. The van der Waals surface area contributed by atoms with Crippen LogP contribution in [0.5, 0.6) is 5.75 Å². The minimum absolute atomic E-state index is 0.343. The number of nitrogens with one attached hydrogen (secondary N) is 1. The summed E-state index contributed by atoms with van der Waals surface area (Å²) in [6.45, 7) is 3.72. The van der Waals surface area contributed by atoms with Gasteiger partial charge in [-0.25, -0.2) is 9.37 Å². The van der Waals surface area contributed by atoms with Crippen LogP contribution in [0.2, 0.25) is 5.15 Å². The van der Waals surface area contributed by atoms with Crippen LogP contribution in [0.1, 0.15) is 17.9 Å². The Morgan fingerprint density at radius 1 is 1.38 bits per heavy atom. The molecule has 0 saturated heterocycles. The Balaban J connectivity index is 1.83. The van der Waals surface area contributed by atoms with Crippen LogP contribution < -0.4 is 10.1 Å². The molecule has 1 unspecified atom stereocenters. The highest BCUT2D eigenvalue weighted by molar-refractivity contribution is 8.13. The summed E-state index contributed by atoms with van der Waals surface area (Å²) in [5.74, 6) is -0.652. The molecule has 0 bridgehead atoms. The molecule has 0 aliphatic rings. The molecule has 2 aromatic carbocycles. The van der Waals surface area contributed by atoms with Crippen LogP contribution >= 0.6 is 23.4 Å². The number of rotatable bonds is 7. The number of carbonyl (C=O) groups is 1. The van der Waals surface area contributed by atoms with Crippen molar-refractivity contribution in [1.29, 1.82) is 0 Å². The van der Waals surface area contributed by atoms with Gasteiger partial charge in [0.05, 0.1) is 18.7 Å². The van der Waals surface area contributed by atoms with Gasteiger partial charge in [0.2, 0.25) is 0 Å². The van der Waals surface area contributed by atoms with E-state index in [2.05, 4.69) is 21.9 Å². The third kappa shape index (κ3) is 5.77. The van der Waals surface area contributed by atoms with E-state index in [0.717, 1.165) is 5.69 Å². The van der Waals surface area contributed by atoms with E-state index in [0.29, 0.717) is 33.7 Å². The number of carbonyl (C=O) groups excluding carboxylic acids is 1. The average molecular weight is 473 g/mol. The van der Waals surface area contributed by atoms with Gasteiger partial charge in [0.25, 0.3) is 5.91 Å². The molecule has 1 heterocycles. The number of thioether (sulfide) groups is 1. The van der Waals surface area contributed by atoms with Gasteiger partial charge in [0.15, 0.2) is 5.17 Å². The lowest BCUT2D eigenvalue weighted by Gasteiger charge is -2.15. The minimum Gasteiger partial charge on any atom is -0.494 e. The molecular formula is C23H22ClFN4O2S. The number of halogens is 2. The molecule has 166 valence electrons. The second-order valence-electron chi connectivity index (χ2n) is 6.70. The third-order valence-corrected chi connectivity index (χ3v) is 5.41. The van der Waals surface area contributed by atoms with Crippen molar-refractivity contribution in [3.05, 3.63) is 84.2 Å². The number of benzene rings is 2. The molecule has 1 aromatic heterocycles. The van der Waals surface area contributed by atoms with Gasteiger partial charge in [-0.15, -0.1) is 6.58 Å². The van der Waals surface area contributed by atoms with Gasteiger partial charge < -0.3 is 14.6 Å². The Morgan fingerprint density at radius 2 is 2.12 bits per heavy atom. The van der Waals surface area contributed by atoms with Crippen molar-refractivity contribution in [2.24, 2.45) is 4.99 Å². The molecule has 0 saturated carbocycles. The molecule has 1 atom stereocenters. The number of amidine groups is 1. The summed E-state index contributed by atoms with van der Waals surface area (Å²) in [6.07, 6.45) is 7.13.